The maximum Gasteiger partial charge on any atom is 0.433 e. The summed E-state index contributed by atoms with van der Waals surface area (Å²) in [6.45, 7) is 0.0343. The highest BCUT2D eigenvalue weighted by Crippen LogP contribution is 2.27. The number of rotatable bonds is 4. The van der Waals surface area contributed by atoms with Crippen LogP contribution in [0.4, 0.5) is 13.2 Å². The van der Waals surface area contributed by atoms with E-state index in [0.717, 1.165) is 18.3 Å². The molecule has 1 N–H and O–H groups in total. The Morgan fingerprint density at radius 3 is 2.53 bits per heavy atom. The van der Waals surface area contributed by atoms with Crippen molar-refractivity contribution < 1.29 is 27.5 Å². The molecule has 1 heterocycles. The topological polar surface area (TPSA) is 68.3 Å². The van der Waals surface area contributed by atoms with E-state index in [9.17, 15) is 22.8 Å². The molecule has 0 unspecified atom stereocenters. The Morgan fingerprint density at radius 2 is 2.05 bits per heavy atom. The highest BCUT2D eigenvalue weighted by Gasteiger charge is 2.32. The van der Waals surface area contributed by atoms with Crippen molar-refractivity contribution in [1.82, 2.24) is 10.3 Å². The van der Waals surface area contributed by atoms with E-state index in [4.69, 9.17) is 0 Å². The molecule has 0 bridgehead atoms. The van der Waals surface area contributed by atoms with E-state index in [1.807, 2.05) is 0 Å². The minimum atomic E-state index is -4.54. The molecule has 1 amide bonds. The minimum Gasteiger partial charge on any atom is -0.469 e. The van der Waals surface area contributed by atoms with Gasteiger partial charge in [0.2, 0.25) is 0 Å². The fourth-order valence-electron chi connectivity index (χ4n) is 1.18. The summed E-state index contributed by atoms with van der Waals surface area (Å²) >= 11 is 0. The van der Waals surface area contributed by atoms with E-state index >= 15 is 0 Å². The van der Waals surface area contributed by atoms with Gasteiger partial charge in [-0.3, -0.25) is 14.6 Å². The number of halogens is 3. The second kappa shape index (κ2) is 6.17. The molecule has 104 valence electrons. The number of hydrogen-bond donors (Lipinski definition) is 1. The van der Waals surface area contributed by atoms with Gasteiger partial charge in [0.15, 0.2) is 0 Å². The van der Waals surface area contributed by atoms with Crippen molar-refractivity contribution in [2.24, 2.45) is 0 Å². The molecular weight excluding hydrogens is 265 g/mol. The fourth-order valence-corrected chi connectivity index (χ4v) is 1.18. The third-order valence-electron chi connectivity index (χ3n) is 2.16. The monoisotopic (exact) mass is 276 g/mol. The van der Waals surface area contributed by atoms with Gasteiger partial charge in [-0.25, -0.2) is 0 Å². The smallest absolute Gasteiger partial charge is 0.433 e. The molecule has 0 atom stereocenters. The highest BCUT2D eigenvalue weighted by atomic mass is 19.4. The summed E-state index contributed by atoms with van der Waals surface area (Å²) in [7, 11) is 1.21. The van der Waals surface area contributed by atoms with Crippen LogP contribution < -0.4 is 5.32 Å². The average molecular weight is 276 g/mol. The van der Waals surface area contributed by atoms with Crippen molar-refractivity contribution in [1.29, 1.82) is 0 Å². The number of amides is 1. The van der Waals surface area contributed by atoms with Gasteiger partial charge in [0.05, 0.1) is 19.1 Å². The van der Waals surface area contributed by atoms with Crippen LogP contribution in [-0.2, 0) is 15.7 Å². The van der Waals surface area contributed by atoms with Gasteiger partial charge in [0, 0.05) is 12.7 Å². The summed E-state index contributed by atoms with van der Waals surface area (Å²) in [5, 5.41) is 2.36. The molecule has 5 nitrogen and oxygen atoms in total. The summed E-state index contributed by atoms with van der Waals surface area (Å²) in [4.78, 5) is 25.4. The lowest BCUT2D eigenvalue weighted by Crippen LogP contribution is -2.26. The zero-order valence-corrected chi connectivity index (χ0v) is 9.95. The number of esters is 1. The van der Waals surface area contributed by atoms with E-state index < -0.39 is 23.7 Å². The van der Waals surface area contributed by atoms with Crippen LogP contribution in [0.15, 0.2) is 18.3 Å². The number of pyridine rings is 1. The third-order valence-corrected chi connectivity index (χ3v) is 2.16. The number of hydrogen-bond acceptors (Lipinski definition) is 4. The quantitative estimate of drug-likeness (QED) is 0.844. The van der Waals surface area contributed by atoms with Gasteiger partial charge in [-0.05, 0) is 12.1 Å². The van der Waals surface area contributed by atoms with Crippen molar-refractivity contribution in [3.63, 3.8) is 0 Å². The first-order valence-electron chi connectivity index (χ1n) is 5.23. The lowest BCUT2D eigenvalue weighted by atomic mass is 10.2. The highest BCUT2D eigenvalue weighted by molar-refractivity contribution is 5.94. The molecule has 1 aromatic heterocycles. The van der Waals surface area contributed by atoms with Crippen LogP contribution in [-0.4, -0.2) is 30.5 Å². The molecule has 1 aromatic rings. The van der Waals surface area contributed by atoms with Crippen molar-refractivity contribution in [2.45, 2.75) is 12.6 Å². The summed E-state index contributed by atoms with van der Waals surface area (Å²) < 4.78 is 41.1. The summed E-state index contributed by atoms with van der Waals surface area (Å²) in [6.07, 6.45) is -3.73. The lowest BCUT2D eigenvalue weighted by Gasteiger charge is -2.07. The van der Waals surface area contributed by atoms with E-state index in [0.29, 0.717) is 0 Å². The molecule has 0 aromatic carbocycles. The molecule has 0 radical (unpaired) electrons. The number of aromatic nitrogens is 1. The van der Waals surface area contributed by atoms with Crippen molar-refractivity contribution in [3.05, 3.63) is 29.6 Å². The van der Waals surface area contributed by atoms with Crippen LogP contribution in [0.3, 0.4) is 0 Å². The predicted molar refractivity (Wildman–Crippen MR) is 58.2 cm³/mol. The van der Waals surface area contributed by atoms with Gasteiger partial charge in [-0.2, -0.15) is 13.2 Å². The molecule has 19 heavy (non-hydrogen) atoms. The molecule has 8 heteroatoms. The van der Waals surface area contributed by atoms with Crippen molar-refractivity contribution in [3.8, 4) is 0 Å². The first-order valence-corrected chi connectivity index (χ1v) is 5.23. The second-order valence-electron chi connectivity index (χ2n) is 3.51. The van der Waals surface area contributed by atoms with Gasteiger partial charge in [-0.1, -0.05) is 0 Å². The second-order valence-corrected chi connectivity index (χ2v) is 3.51. The zero-order valence-electron chi connectivity index (χ0n) is 9.95. The Hall–Kier alpha value is -2.12. The third kappa shape index (κ3) is 4.57. The van der Waals surface area contributed by atoms with Crippen molar-refractivity contribution in [2.75, 3.05) is 13.7 Å². The number of ether oxygens (including phenoxy) is 1. The normalized spacial score (nSPS) is 10.9. The van der Waals surface area contributed by atoms with E-state index in [2.05, 4.69) is 15.0 Å². The van der Waals surface area contributed by atoms with Crippen LogP contribution in [0.2, 0.25) is 0 Å². The number of carbonyl (C=O) groups is 2. The van der Waals surface area contributed by atoms with Gasteiger partial charge in [0.25, 0.3) is 5.91 Å². The largest absolute Gasteiger partial charge is 0.469 e. The van der Waals surface area contributed by atoms with Crippen molar-refractivity contribution >= 4 is 11.9 Å². The molecule has 0 aliphatic heterocycles. The van der Waals surface area contributed by atoms with Crippen LogP contribution in [0.25, 0.3) is 0 Å². The van der Waals surface area contributed by atoms with Crippen LogP contribution in [0.5, 0.6) is 0 Å². The molecule has 0 saturated heterocycles. The van der Waals surface area contributed by atoms with Crippen LogP contribution >= 0.6 is 0 Å². The predicted octanol–water partition coefficient (Wildman–Crippen LogP) is 1.39. The number of nitrogens with one attached hydrogen (secondary N) is 1. The number of carbonyl (C=O) groups excluding carboxylic acids is 2. The van der Waals surface area contributed by atoms with Gasteiger partial charge in [0.1, 0.15) is 5.69 Å². The zero-order chi connectivity index (χ0) is 14.5. The van der Waals surface area contributed by atoms with Crippen LogP contribution in [0.1, 0.15) is 22.5 Å². The van der Waals surface area contributed by atoms with E-state index in [-0.39, 0.29) is 18.5 Å². The molecular formula is C11H11F3N2O3. The van der Waals surface area contributed by atoms with Gasteiger partial charge in [-0.15, -0.1) is 0 Å². The average Bonchev–Trinajstić information content (AvgIpc) is 2.37. The fraction of sp³-hybridized carbons (Fsp3) is 0.364. The standard InChI is InChI=1S/C11H11F3N2O3/c1-19-9(17)4-5-15-10(18)7-2-3-8(16-6-7)11(12,13)14/h2-3,6H,4-5H2,1H3,(H,15,18). The molecule has 0 aliphatic carbocycles. The van der Waals surface area contributed by atoms with Gasteiger partial charge >= 0.3 is 12.1 Å². The Morgan fingerprint density at radius 1 is 1.37 bits per heavy atom. The maximum atomic E-state index is 12.2. The Labute approximate surface area is 106 Å². The Bertz CT molecular complexity index is 457. The number of nitrogens with zero attached hydrogens (tertiary/aromatic N) is 1. The van der Waals surface area contributed by atoms with Crippen LogP contribution in [0, 0.1) is 0 Å². The molecule has 0 spiro atoms. The number of alkyl halides is 3. The van der Waals surface area contributed by atoms with E-state index in [1.165, 1.54) is 7.11 Å². The Balaban J connectivity index is 2.56. The molecule has 0 aliphatic rings. The summed E-state index contributed by atoms with van der Waals surface area (Å²) in [5.74, 6) is -1.10. The summed E-state index contributed by atoms with van der Waals surface area (Å²) in [5.41, 5.74) is -1.09. The number of methoxy groups -OCH3 is 1. The van der Waals surface area contributed by atoms with Gasteiger partial charge < -0.3 is 10.1 Å². The molecule has 1 rings (SSSR count). The first-order chi connectivity index (χ1) is 8.84. The molecule has 0 saturated carbocycles. The lowest BCUT2D eigenvalue weighted by molar-refractivity contribution is -0.141. The maximum absolute atomic E-state index is 12.2. The minimum absolute atomic E-state index is 0.0159. The Kier molecular flexibility index (Phi) is 4.85. The SMILES string of the molecule is COC(=O)CCNC(=O)c1ccc(C(F)(F)F)nc1. The van der Waals surface area contributed by atoms with E-state index in [1.54, 1.807) is 0 Å². The molecule has 0 fully saturated rings. The summed E-state index contributed by atoms with van der Waals surface area (Å²) in [6, 6.07) is 1.73. The first kappa shape index (κ1) is 14.9.